The zero-order valence-electron chi connectivity index (χ0n) is 16.6. The average Bonchev–Trinajstić information content (AvgIpc) is 3.39. The highest BCUT2D eigenvalue weighted by Gasteiger charge is 2.48. The SMILES string of the molecule is O=C1CC(C(F)(F)F)N(C(=O)CSc2nncn2CCc2cccs2)c2ccccc2N1. The summed E-state index contributed by atoms with van der Waals surface area (Å²) < 4.78 is 43.2. The van der Waals surface area contributed by atoms with Crippen LogP contribution in [0.2, 0.25) is 0 Å². The van der Waals surface area contributed by atoms with Crippen LogP contribution in [0, 0.1) is 0 Å². The average molecular weight is 482 g/mol. The van der Waals surface area contributed by atoms with Crippen molar-refractivity contribution in [2.75, 3.05) is 16.0 Å². The van der Waals surface area contributed by atoms with Gasteiger partial charge in [0.25, 0.3) is 0 Å². The Labute approximate surface area is 189 Å². The number of hydrogen-bond donors (Lipinski definition) is 1. The lowest BCUT2D eigenvalue weighted by Crippen LogP contribution is -2.50. The number of carbonyl (C=O) groups is 2. The molecular formula is C20H18F3N5O2S2. The first-order valence-electron chi connectivity index (χ1n) is 9.63. The molecule has 0 saturated carbocycles. The maximum Gasteiger partial charge on any atom is 0.409 e. The van der Waals surface area contributed by atoms with E-state index < -0.39 is 30.5 Å². The van der Waals surface area contributed by atoms with Gasteiger partial charge in [-0.1, -0.05) is 30.0 Å². The van der Waals surface area contributed by atoms with Crippen LogP contribution in [0.4, 0.5) is 24.5 Å². The number of carbonyl (C=O) groups excluding carboxylic acids is 2. The number of anilines is 2. The Morgan fingerprint density at radius 1 is 1.25 bits per heavy atom. The van der Waals surface area contributed by atoms with Gasteiger partial charge < -0.3 is 9.88 Å². The van der Waals surface area contributed by atoms with Gasteiger partial charge in [-0.05, 0) is 30.0 Å². The number of benzene rings is 1. The van der Waals surface area contributed by atoms with Crippen molar-refractivity contribution in [2.45, 2.75) is 36.8 Å². The van der Waals surface area contributed by atoms with Crippen LogP contribution in [0.5, 0.6) is 0 Å². The van der Waals surface area contributed by atoms with E-state index in [0.717, 1.165) is 18.2 Å². The highest BCUT2D eigenvalue weighted by Crippen LogP contribution is 2.38. The van der Waals surface area contributed by atoms with Gasteiger partial charge in [-0.2, -0.15) is 13.2 Å². The molecule has 2 aromatic heterocycles. The number of rotatable bonds is 6. The first kappa shape index (κ1) is 22.3. The highest BCUT2D eigenvalue weighted by atomic mass is 32.2. The summed E-state index contributed by atoms with van der Waals surface area (Å²) in [5.74, 6) is -1.85. The normalized spacial score (nSPS) is 16.4. The molecule has 1 aliphatic rings. The highest BCUT2D eigenvalue weighted by molar-refractivity contribution is 7.99. The summed E-state index contributed by atoms with van der Waals surface area (Å²) >= 11 is 2.64. The number of alkyl halides is 3. The molecule has 7 nitrogen and oxygen atoms in total. The molecule has 3 aromatic rings. The summed E-state index contributed by atoms with van der Waals surface area (Å²) in [6.45, 7) is 0.584. The smallest absolute Gasteiger partial charge is 0.324 e. The molecule has 0 saturated heterocycles. The third-order valence-corrected chi connectivity index (χ3v) is 6.76. The van der Waals surface area contributed by atoms with Crippen molar-refractivity contribution in [3.05, 3.63) is 53.0 Å². The lowest BCUT2D eigenvalue weighted by Gasteiger charge is -2.31. The van der Waals surface area contributed by atoms with Gasteiger partial charge >= 0.3 is 6.18 Å². The zero-order chi connectivity index (χ0) is 22.7. The van der Waals surface area contributed by atoms with E-state index in [2.05, 4.69) is 15.5 Å². The lowest BCUT2D eigenvalue weighted by atomic mass is 10.1. The van der Waals surface area contributed by atoms with Crippen molar-refractivity contribution in [2.24, 2.45) is 0 Å². The molecule has 1 N–H and O–H groups in total. The second-order valence-corrected chi connectivity index (χ2v) is 8.99. The zero-order valence-corrected chi connectivity index (χ0v) is 18.2. The summed E-state index contributed by atoms with van der Waals surface area (Å²) in [5.41, 5.74) is 0.187. The largest absolute Gasteiger partial charge is 0.409 e. The molecule has 4 rings (SSSR count). The summed E-state index contributed by atoms with van der Waals surface area (Å²) in [7, 11) is 0. The Kier molecular flexibility index (Phi) is 6.51. The van der Waals surface area contributed by atoms with Crippen molar-refractivity contribution in [1.29, 1.82) is 0 Å². The fourth-order valence-electron chi connectivity index (χ4n) is 3.39. The van der Waals surface area contributed by atoms with Crippen molar-refractivity contribution < 1.29 is 22.8 Å². The van der Waals surface area contributed by atoms with Crippen LogP contribution in [-0.4, -0.2) is 44.5 Å². The maximum atomic E-state index is 13.8. The predicted molar refractivity (Wildman–Crippen MR) is 116 cm³/mol. The monoisotopic (exact) mass is 481 g/mol. The van der Waals surface area contributed by atoms with E-state index in [4.69, 9.17) is 0 Å². The quantitative estimate of drug-likeness (QED) is 0.539. The molecular weight excluding hydrogens is 463 g/mol. The first-order valence-corrected chi connectivity index (χ1v) is 11.5. The number of thiophene rings is 1. The molecule has 1 aliphatic heterocycles. The van der Waals surface area contributed by atoms with Crippen molar-refractivity contribution >= 4 is 46.3 Å². The van der Waals surface area contributed by atoms with Crippen LogP contribution in [0.1, 0.15) is 11.3 Å². The van der Waals surface area contributed by atoms with E-state index >= 15 is 0 Å². The van der Waals surface area contributed by atoms with Crippen molar-refractivity contribution in [1.82, 2.24) is 14.8 Å². The van der Waals surface area contributed by atoms with E-state index in [1.54, 1.807) is 22.0 Å². The predicted octanol–water partition coefficient (Wildman–Crippen LogP) is 3.98. The van der Waals surface area contributed by atoms with Crippen LogP contribution in [0.3, 0.4) is 0 Å². The third-order valence-electron chi connectivity index (χ3n) is 4.86. The minimum atomic E-state index is -4.77. The van der Waals surface area contributed by atoms with E-state index in [1.165, 1.54) is 29.4 Å². The Morgan fingerprint density at radius 2 is 2.06 bits per heavy atom. The topological polar surface area (TPSA) is 80.1 Å². The number of halogens is 3. The molecule has 0 spiro atoms. The number of nitrogens with one attached hydrogen (secondary N) is 1. The number of aryl methyl sites for hydroxylation is 2. The lowest BCUT2D eigenvalue weighted by molar-refractivity contribution is -0.157. The summed E-state index contributed by atoms with van der Waals surface area (Å²) in [5, 5.41) is 12.7. The number of amides is 2. The minimum Gasteiger partial charge on any atom is -0.324 e. The summed E-state index contributed by atoms with van der Waals surface area (Å²) in [4.78, 5) is 26.9. The van der Waals surface area contributed by atoms with Gasteiger partial charge in [-0.15, -0.1) is 21.5 Å². The molecule has 1 unspecified atom stereocenters. The van der Waals surface area contributed by atoms with E-state index in [9.17, 15) is 22.8 Å². The maximum absolute atomic E-state index is 13.8. The molecule has 0 aliphatic carbocycles. The van der Waals surface area contributed by atoms with Crippen LogP contribution < -0.4 is 10.2 Å². The van der Waals surface area contributed by atoms with Crippen molar-refractivity contribution in [3.63, 3.8) is 0 Å². The Morgan fingerprint density at radius 3 is 2.81 bits per heavy atom. The minimum absolute atomic E-state index is 0.0189. The summed E-state index contributed by atoms with van der Waals surface area (Å²) in [6, 6.07) is 7.69. The Bertz CT molecular complexity index is 1100. The summed E-state index contributed by atoms with van der Waals surface area (Å²) in [6.07, 6.45) is -3.36. The molecule has 1 aromatic carbocycles. The second kappa shape index (κ2) is 9.33. The Balaban J connectivity index is 1.53. The number of para-hydroxylation sites is 2. The Hall–Kier alpha value is -2.86. The number of nitrogens with zero attached hydrogens (tertiary/aromatic N) is 4. The standard InChI is InChI=1S/C20H18F3N5O2S2/c21-20(22,23)16-10-17(29)25-14-5-1-2-6-15(14)28(16)18(30)11-32-19-26-24-12-27(19)8-7-13-4-3-9-31-13/h1-6,9,12,16H,7-8,10-11H2,(H,25,29). The van der Waals surface area contributed by atoms with Gasteiger partial charge in [0.05, 0.1) is 23.5 Å². The van der Waals surface area contributed by atoms with Crippen molar-refractivity contribution in [3.8, 4) is 0 Å². The number of thioether (sulfide) groups is 1. The molecule has 0 radical (unpaired) electrons. The van der Waals surface area contributed by atoms with Gasteiger partial charge in [-0.3, -0.25) is 14.5 Å². The van der Waals surface area contributed by atoms with E-state index in [1.807, 2.05) is 17.5 Å². The van der Waals surface area contributed by atoms with Crippen LogP contribution >= 0.6 is 23.1 Å². The third kappa shape index (κ3) is 4.96. The number of aromatic nitrogens is 3. The van der Waals surface area contributed by atoms with E-state index in [-0.39, 0.29) is 17.1 Å². The van der Waals surface area contributed by atoms with Gasteiger partial charge in [0.1, 0.15) is 12.4 Å². The molecule has 1 atom stereocenters. The molecule has 3 heterocycles. The molecule has 168 valence electrons. The molecule has 12 heteroatoms. The number of hydrogen-bond acceptors (Lipinski definition) is 6. The fourth-order valence-corrected chi connectivity index (χ4v) is 4.89. The molecule has 2 amide bonds. The van der Waals surface area contributed by atoms with Crippen LogP contribution in [-0.2, 0) is 22.6 Å². The van der Waals surface area contributed by atoms with E-state index in [0.29, 0.717) is 16.6 Å². The molecule has 32 heavy (non-hydrogen) atoms. The van der Waals surface area contributed by atoms with Crippen LogP contribution in [0.15, 0.2) is 53.3 Å². The van der Waals surface area contributed by atoms with Gasteiger partial charge in [-0.25, -0.2) is 0 Å². The van der Waals surface area contributed by atoms with Gasteiger partial charge in [0, 0.05) is 11.4 Å². The van der Waals surface area contributed by atoms with Gasteiger partial charge in [0.15, 0.2) is 5.16 Å². The fraction of sp³-hybridized carbons (Fsp3) is 0.300. The number of fused-ring (bicyclic) bond motifs is 1. The first-order chi connectivity index (χ1) is 15.3. The second-order valence-electron chi connectivity index (χ2n) is 7.02. The van der Waals surface area contributed by atoms with Crippen LogP contribution in [0.25, 0.3) is 0 Å². The molecule has 0 fully saturated rings. The van der Waals surface area contributed by atoms with Gasteiger partial charge in [0.2, 0.25) is 11.8 Å². The molecule has 0 bridgehead atoms.